The van der Waals surface area contributed by atoms with E-state index in [2.05, 4.69) is 7.85 Å². The van der Waals surface area contributed by atoms with Crippen molar-refractivity contribution in [2.24, 2.45) is 11.8 Å². The summed E-state index contributed by atoms with van der Waals surface area (Å²) < 4.78 is 0. The maximum atomic E-state index is 13.1. The van der Waals surface area contributed by atoms with Gasteiger partial charge in [0.25, 0.3) is 0 Å². The van der Waals surface area contributed by atoms with Gasteiger partial charge in [-0.2, -0.15) is 0 Å². The molecule has 0 spiro atoms. The van der Waals surface area contributed by atoms with Crippen LogP contribution in [0.15, 0.2) is 0 Å². The molecule has 2 aliphatic carbocycles. The van der Waals surface area contributed by atoms with Crippen molar-refractivity contribution >= 4 is 13.6 Å². The predicted octanol–water partition coefficient (Wildman–Crippen LogP) is 5.87. The summed E-state index contributed by atoms with van der Waals surface area (Å²) in [5.41, 5.74) is 0. The van der Waals surface area contributed by atoms with Crippen LogP contribution in [-0.2, 0) is 4.79 Å². The molecule has 23 heavy (non-hydrogen) atoms. The largest absolute Gasteiger partial charge is 0.300 e. The van der Waals surface area contributed by atoms with Crippen LogP contribution in [0, 0.1) is 11.8 Å². The van der Waals surface area contributed by atoms with Crippen LogP contribution in [0.5, 0.6) is 0 Å². The third-order valence-electron chi connectivity index (χ3n) is 6.56. The van der Waals surface area contributed by atoms with Gasteiger partial charge in [0.2, 0.25) is 0 Å². The fourth-order valence-electron chi connectivity index (χ4n) is 4.86. The molecule has 1 unspecified atom stereocenters. The summed E-state index contributed by atoms with van der Waals surface area (Å²) in [5, 5.41) is 0. The van der Waals surface area contributed by atoms with Gasteiger partial charge in [0.15, 0.2) is 0 Å². The van der Waals surface area contributed by atoms with Gasteiger partial charge in [-0.15, -0.1) is 0 Å². The maximum Gasteiger partial charge on any atom is 0.131 e. The fourth-order valence-corrected chi connectivity index (χ4v) is 4.86. The summed E-state index contributed by atoms with van der Waals surface area (Å²) in [5.74, 6) is 2.01. The Balaban J connectivity index is 1.88. The van der Waals surface area contributed by atoms with Crippen LogP contribution in [0.4, 0.5) is 0 Å². The first-order valence-electron chi connectivity index (χ1n) is 10.8. The van der Waals surface area contributed by atoms with Crippen molar-refractivity contribution in [2.75, 3.05) is 0 Å². The van der Waals surface area contributed by atoms with Gasteiger partial charge in [-0.05, 0) is 24.6 Å². The highest BCUT2D eigenvalue weighted by molar-refractivity contribution is 6.24. The molecule has 0 amide bonds. The SMILES string of the molecule is BC(C(=O)C1CCCCCCCC1)C1CCCCCCCCC1. The minimum absolute atomic E-state index is 0.320. The fraction of sp³-hybridized carbons (Fsp3) is 0.952. The first-order chi connectivity index (χ1) is 11.3. The Bertz CT molecular complexity index is 308. The number of hydrogen-bond donors (Lipinski definition) is 0. The molecule has 132 valence electrons. The van der Waals surface area contributed by atoms with Crippen LogP contribution in [0.2, 0.25) is 5.82 Å². The van der Waals surface area contributed by atoms with Crippen LogP contribution < -0.4 is 0 Å². The third-order valence-corrected chi connectivity index (χ3v) is 6.56. The monoisotopic (exact) mass is 318 g/mol. The van der Waals surface area contributed by atoms with Crippen molar-refractivity contribution in [2.45, 2.75) is 115 Å². The lowest BCUT2D eigenvalue weighted by atomic mass is 9.66. The minimum Gasteiger partial charge on any atom is -0.300 e. The molecule has 0 aromatic rings. The van der Waals surface area contributed by atoms with Crippen LogP contribution in [0.25, 0.3) is 0 Å². The number of Topliss-reactive ketones (excluding diaryl/α,β-unsaturated/α-hetero) is 1. The van der Waals surface area contributed by atoms with Gasteiger partial charge in [0.05, 0.1) is 0 Å². The van der Waals surface area contributed by atoms with Gasteiger partial charge >= 0.3 is 0 Å². The van der Waals surface area contributed by atoms with Gasteiger partial charge in [-0.25, -0.2) is 0 Å². The highest BCUT2D eigenvalue weighted by Gasteiger charge is 2.29. The van der Waals surface area contributed by atoms with E-state index in [1.165, 1.54) is 109 Å². The number of hydrogen-bond acceptors (Lipinski definition) is 1. The molecule has 2 aliphatic rings. The van der Waals surface area contributed by atoms with Gasteiger partial charge in [0.1, 0.15) is 13.6 Å². The lowest BCUT2D eigenvalue weighted by molar-refractivity contribution is -0.124. The number of ketones is 1. The molecule has 1 atom stereocenters. The molecule has 2 fully saturated rings. The van der Waals surface area contributed by atoms with E-state index < -0.39 is 0 Å². The summed E-state index contributed by atoms with van der Waals surface area (Å²) in [7, 11) is 2.27. The van der Waals surface area contributed by atoms with Crippen LogP contribution in [0.1, 0.15) is 109 Å². The van der Waals surface area contributed by atoms with Crippen molar-refractivity contribution in [1.29, 1.82) is 0 Å². The van der Waals surface area contributed by atoms with E-state index in [4.69, 9.17) is 0 Å². The topological polar surface area (TPSA) is 17.1 Å². The third kappa shape index (κ3) is 7.02. The predicted molar refractivity (Wildman–Crippen MR) is 103 cm³/mol. The lowest BCUT2D eigenvalue weighted by Crippen LogP contribution is -2.26. The smallest absolute Gasteiger partial charge is 0.131 e. The van der Waals surface area contributed by atoms with E-state index in [0.29, 0.717) is 23.4 Å². The molecule has 2 heteroatoms. The van der Waals surface area contributed by atoms with Crippen LogP contribution in [0.3, 0.4) is 0 Å². The van der Waals surface area contributed by atoms with E-state index in [1.54, 1.807) is 0 Å². The van der Waals surface area contributed by atoms with Gasteiger partial charge in [-0.1, -0.05) is 96.3 Å². The van der Waals surface area contributed by atoms with Crippen molar-refractivity contribution in [1.82, 2.24) is 0 Å². The zero-order chi connectivity index (χ0) is 16.3. The summed E-state index contributed by atoms with van der Waals surface area (Å²) in [4.78, 5) is 13.1. The summed E-state index contributed by atoms with van der Waals surface area (Å²) in [6, 6.07) is 0. The van der Waals surface area contributed by atoms with Crippen molar-refractivity contribution in [3.63, 3.8) is 0 Å². The van der Waals surface area contributed by atoms with Crippen molar-refractivity contribution in [3.8, 4) is 0 Å². The van der Waals surface area contributed by atoms with Gasteiger partial charge in [-0.3, -0.25) is 4.79 Å². The van der Waals surface area contributed by atoms with E-state index in [9.17, 15) is 4.79 Å². The maximum absolute atomic E-state index is 13.1. The van der Waals surface area contributed by atoms with Crippen molar-refractivity contribution < 1.29 is 4.79 Å². The molecule has 0 aromatic heterocycles. The van der Waals surface area contributed by atoms with E-state index in [1.807, 2.05) is 0 Å². The molecule has 2 rings (SSSR count). The first kappa shape index (κ1) is 19.1. The van der Waals surface area contributed by atoms with Crippen LogP contribution >= 0.6 is 0 Å². The Morgan fingerprint density at radius 3 is 1.39 bits per heavy atom. The molecule has 0 aliphatic heterocycles. The molecule has 0 heterocycles. The summed E-state index contributed by atoms with van der Waals surface area (Å²) in [6.07, 6.45) is 22.8. The number of carbonyl (C=O) groups excluding carboxylic acids is 1. The number of rotatable bonds is 3. The average molecular weight is 318 g/mol. The Hall–Kier alpha value is -0.265. The van der Waals surface area contributed by atoms with Crippen LogP contribution in [-0.4, -0.2) is 13.6 Å². The Kier molecular flexibility index (Phi) is 9.38. The molecule has 0 radical (unpaired) electrons. The average Bonchev–Trinajstić information content (AvgIpc) is 2.72. The Labute approximate surface area is 145 Å². The second-order valence-corrected chi connectivity index (χ2v) is 8.40. The summed E-state index contributed by atoms with van der Waals surface area (Å²) >= 11 is 0. The molecule has 0 aromatic carbocycles. The van der Waals surface area contributed by atoms with Gasteiger partial charge in [0, 0.05) is 5.92 Å². The molecule has 0 saturated heterocycles. The minimum atomic E-state index is 0.320. The summed E-state index contributed by atoms with van der Waals surface area (Å²) in [6.45, 7) is 0. The lowest BCUT2D eigenvalue weighted by Gasteiger charge is -2.27. The highest BCUT2D eigenvalue weighted by Crippen LogP contribution is 2.34. The molecule has 0 N–H and O–H groups in total. The second kappa shape index (κ2) is 11.3. The van der Waals surface area contributed by atoms with E-state index in [-0.39, 0.29) is 0 Å². The Morgan fingerprint density at radius 1 is 0.609 bits per heavy atom. The second-order valence-electron chi connectivity index (χ2n) is 8.40. The zero-order valence-corrected chi connectivity index (χ0v) is 15.7. The highest BCUT2D eigenvalue weighted by atomic mass is 16.1. The first-order valence-corrected chi connectivity index (χ1v) is 10.8. The normalized spacial score (nSPS) is 25.7. The Morgan fingerprint density at radius 2 is 0.957 bits per heavy atom. The standard InChI is InChI=1S/C21H39BO/c22-20(18-14-10-6-2-1-3-7-11-15-18)21(23)19-16-12-8-4-5-9-13-17-19/h18-20H,1-17,22H2. The zero-order valence-electron chi connectivity index (χ0n) is 15.7. The van der Waals surface area contributed by atoms with Crippen molar-refractivity contribution in [3.05, 3.63) is 0 Å². The molecule has 2 saturated carbocycles. The molecular formula is C21H39BO. The molecule has 1 nitrogen and oxygen atoms in total. The van der Waals surface area contributed by atoms with Gasteiger partial charge < -0.3 is 0 Å². The molecule has 0 bridgehead atoms. The van der Waals surface area contributed by atoms with E-state index >= 15 is 0 Å². The number of carbonyl (C=O) groups is 1. The molecular weight excluding hydrogens is 279 g/mol. The quantitative estimate of drug-likeness (QED) is 0.595. The van der Waals surface area contributed by atoms with E-state index in [0.717, 1.165) is 0 Å².